The Morgan fingerprint density at radius 1 is 1.42 bits per heavy atom. The van der Waals surface area contributed by atoms with E-state index in [4.69, 9.17) is 5.11 Å². The van der Waals surface area contributed by atoms with Gasteiger partial charge in [0.2, 0.25) is 5.82 Å². The van der Waals surface area contributed by atoms with Gasteiger partial charge >= 0.3 is 5.69 Å². The molecule has 0 aliphatic heterocycles. The molecule has 1 aromatic rings. The Kier molecular flexibility index (Phi) is 5.75. The largest absolute Gasteiger partial charge is 0.396 e. The third-order valence-electron chi connectivity index (χ3n) is 2.91. The predicted octanol–water partition coefficient (Wildman–Crippen LogP) is 2.03. The van der Waals surface area contributed by atoms with Crippen LogP contribution < -0.4 is 5.32 Å². The maximum atomic E-state index is 11.2. The molecule has 0 amide bonds. The fraction of sp³-hybridized carbons (Fsp3) is 0.750. The van der Waals surface area contributed by atoms with Crippen molar-refractivity contribution in [3.05, 3.63) is 15.8 Å². The van der Waals surface area contributed by atoms with E-state index >= 15 is 0 Å². The molecule has 0 bridgehead atoms. The molecule has 0 spiro atoms. The molecule has 0 radical (unpaired) electrons. The summed E-state index contributed by atoms with van der Waals surface area (Å²) in [5.41, 5.74) is 0.574. The number of nitrogens with zero attached hydrogens (tertiary/aromatic N) is 3. The summed E-state index contributed by atoms with van der Waals surface area (Å²) in [6.45, 7) is 4.60. The lowest BCUT2D eigenvalue weighted by Gasteiger charge is -2.05. The molecule has 0 saturated heterocycles. The highest BCUT2D eigenvalue weighted by Gasteiger charge is 2.27. The molecule has 19 heavy (non-hydrogen) atoms. The standard InChI is InChI=1S/C12H22N4O3/c1-9(2)10-11(16(18)19)12(15(3)14-10)13-7-5-4-6-8-17/h9,13,17H,4-8H2,1-3H3. The fourth-order valence-corrected chi connectivity index (χ4v) is 1.92. The summed E-state index contributed by atoms with van der Waals surface area (Å²) in [6.07, 6.45) is 2.51. The third-order valence-corrected chi connectivity index (χ3v) is 2.91. The summed E-state index contributed by atoms with van der Waals surface area (Å²) in [4.78, 5) is 10.8. The molecule has 1 rings (SSSR count). The Balaban J connectivity index is 2.79. The molecule has 2 N–H and O–H groups in total. The van der Waals surface area contributed by atoms with Gasteiger partial charge in [-0.3, -0.25) is 10.1 Å². The van der Waals surface area contributed by atoms with Gasteiger partial charge in [-0.1, -0.05) is 13.8 Å². The second kappa shape index (κ2) is 7.08. The van der Waals surface area contributed by atoms with E-state index in [9.17, 15) is 10.1 Å². The minimum absolute atomic E-state index is 0.0107. The Bertz CT molecular complexity index is 429. The van der Waals surface area contributed by atoms with Crippen LogP contribution in [-0.2, 0) is 7.05 Å². The maximum Gasteiger partial charge on any atom is 0.334 e. The number of nitrogens with one attached hydrogen (secondary N) is 1. The van der Waals surface area contributed by atoms with E-state index in [1.54, 1.807) is 7.05 Å². The molecule has 0 unspecified atom stereocenters. The van der Waals surface area contributed by atoms with E-state index in [2.05, 4.69) is 10.4 Å². The summed E-state index contributed by atoms with van der Waals surface area (Å²) >= 11 is 0. The monoisotopic (exact) mass is 270 g/mol. The van der Waals surface area contributed by atoms with Gasteiger partial charge in [0.05, 0.1) is 4.92 Å². The minimum Gasteiger partial charge on any atom is -0.396 e. The molecule has 0 aliphatic rings. The van der Waals surface area contributed by atoms with E-state index in [1.807, 2.05) is 13.8 Å². The van der Waals surface area contributed by atoms with Gasteiger partial charge < -0.3 is 10.4 Å². The minimum atomic E-state index is -0.377. The molecule has 7 heteroatoms. The molecule has 0 fully saturated rings. The summed E-state index contributed by atoms with van der Waals surface area (Å²) < 4.78 is 1.53. The Morgan fingerprint density at radius 3 is 2.63 bits per heavy atom. The second-order valence-corrected chi connectivity index (χ2v) is 4.83. The number of anilines is 1. The van der Waals surface area contributed by atoms with Crippen LogP contribution >= 0.6 is 0 Å². The topological polar surface area (TPSA) is 93.2 Å². The number of hydrogen-bond donors (Lipinski definition) is 2. The molecule has 108 valence electrons. The van der Waals surface area contributed by atoms with Crippen LogP contribution in [0.15, 0.2) is 0 Å². The zero-order valence-electron chi connectivity index (χ0n) is 11.7. The van der Waals surface area contributed by atoms with Crippen LogP contribution in [0, 0.1) is 10.1 Å². The van der Waals surface area contributed by atoms with E-state index in [1.165, 1.54) is 4.68 Å². The van der Waals surface area contributed by atoms with Gasteiger partial charge in [0, 0.05) is 26.1 Å². The van der Waals surface area contributed by atoms with Gasteiger partial charge in [-0.2, -0.15) is 5.10 Å². The zero-order valence-corrected chi connectivity index (χ0v) is 11.7. The SMILES string of the molecule is CC(C)c1nn(C)c(NCCCCCO)c1[N+](=O)[O-]. The Morgan fingerprint density at radius 2 is 2.11 bits per heavy atom. The van der Waals surface area contributed by atoms with Gasteiger partial charge in [0.15, 0.2) is 0 Å². The van der Waals surface area contributed by atoms with Crippen molar-refractivity contribution in [3.63, 3.8) is 0 Å². The lowest BCUT2D eigenvalue weighted by molar-refractivity contribution is -0.384. The predicted molar refractivity (Wildman–Crippen MR) is 73.4 cm³/mol. The smallest absolute Gasteiger partial charge is 0.334 e. The highest BCUT2D eigenvalue weighted by atomic mass is 16.6. The normalized spacial score (nSPS) is 11.0. The second-order valence-electron chi connectivity index (χ2n) is 4.83. The Hall–Kier alpha value is -1.63. The molecular weight excluding hydrogens is 248 g/mol. The lowest BCUT2D eigenvalue weighted by atomic mass is 10.1. The number of aliphatic hydroxyl groups is 1. The van der Waals surface area contributed by atoms with Crippen LogP contribution in [-0.4, -0.2) is 33.0 Å². The van der Waals surface area contributed by atoms with Crippen molar-refractivity contribution >= 4 is 11.5 Å². The average molecular weight is 270 g/mol. The molecule has 1 aromatic heterocycles. The molecule has 0 aromatic carbocycles. The van der Waals surface area contributed by atoms with Crippen molar-refractivity contribution in [2.24, 2.45) is 7.05 Å². The fourth-order valence-electron chi connectivity index (χ4n) is 1.92. The first-order valence-electron chi connectivity index (χ1n) is 6.55. The summed E-state index contributed by atoms with van der Waals surface area (Å²) in [6, 6.07) is 0. The van der Waals surface area contributed by atoms with E-state index in [-0.39, 0.29) is 23.1 Å². The van der Waals surface area contributed by atoms with E-state index < -0.39 is 0 Å². The van der Waals surface area contributed by atoms with Crippen LogP contribution in [0.1, 0.15) is 44.7 Å². The van der Waals surface area contributed by atoms with Crippen molar-refractivity contribution in [2.75, 3.05) is 18.5 Å². The number of rotatable bonds is 8. The summed E-state index contributed by atoms with van der Waals surface area (Å²) in [7, 11) is 1.70. The van der Waals surface area contributed by atoms with Crippen LogP contribution in [0.4, 0.5) is 11.5 Å². The molecule has 0 aliphatic carbocycles. The highest BCUT2D eigenvalue weighted by molar-refractivity contribution is 5.60. The van der Waals surface area contributed by atoms with Crippen molar-refractivity contribution in [1.82, 2.24) is 9.78 Å². The lowest BCUT2D eigenvalue weighted by Crippen LogP contribution is -2.08. The van der Waals surface area contributed by atoms with Crippen molar-refractivity contribution < 1.29 is 10.0 Å². The van der Waals surface area contributed by atoms with Gasteiger partial charge in [-0.25, -0.2) is 4.68 Å². The number of hydrogen-bond acceptors (Lipinski definition) is 5. The first-order valence-corrected chi connectivity index (χ1v) is 6.55. The van der Waals surface area contributed by atoms with Crippen LogP contribution in [0.25, 0.3) is 0 Å². The van der Waals surface area contributed by atoms with E-state index in [0.717, 1.165) is 19.3 Å². The number of aromatic nitrogens is 2. The molecule has 0 saturated carbocycles. The average Bonchev–Trinajstić information content (AvgIpc) is 2.67. The third kappa shape index (κ3) is 3.92. The van der Waals surface area contributed by atoms with Crippen LogP contribution in [0.3, 0.4) is 0 Å². The zero-order chi connectivity index (χ0) is 14.4. The van der Waals surface area contributed by atoms with Gasteiger partial charge in [-0.05, 0) is 19.3 Å². The van der Waals surface area contributed by atoms with E-state index in [0.29, 0.717) is 18.1 Å². The van der Waals surface area contributed by atoms with Gasteiger partial charge in [0.25, 0.3) is 0 Å². The van der Waals surface area contributed by atoms with Crippen LogP contribution in [0.5, 0.6) is 0 Å². The first kappa shape index (κ1) is 15.4. The van der Waals surface area contributed by atoms with Crippen LogP contribution in [0.2, 0.25) is 0 Å². The number of unbranched alkanes of at least 4 members (excludes halogenated alkanes) is 2. The molecule has 1 heterocycles. The number of aliphatic hydroxyl groups excluding tert-OH is 1. The van der Waals surface area contributed by atoms with Crippen molar-refractivity contribution in [3.8, 4) is 0 Å². The van der Waals surface area contributed by atoms with Gasteiger partial charge in [0.1, 0.15) is 5.69 Å². The molecule has 7 nitrogen and oxygen atoms in total. The Labute approximate surface area is 112 Å². The highest BCUT2D eigenvalue weighted by Crippen LogP contribution is 2.32. The number of aryl methyl sites for hydroxylation is 1. The maximum absolute atomic E-state index is 11.2. The first-order chi connectivity index (χ1) is 8.99. The molecular formula is C12H22N4O3. The van der Waals surface area contributed by atoms with Crippen molar-refractivity contribution in [2.45, 2.75) is 39.0 Å². The quantitative estimate of drug-likeness (QED) is 0.428. The van der Waals surface area contributed by atoms with Gasteiger partial charge in [-0.15, -0.1) is 0 Å². The summed E-state index contributed by atoms with van der Waals surface area (Å²) in [5.74, 6) is 0.467. The number of nitro groups is 1. The van der Waals surface area contributed by atoms with Crippen molar-refractivity contribution in [1.29, 1.82) is 0 Å². The summed E-state index contributed by atoms with van der Waals surface area (Å²) in [5, 5.41) is 27.2. The molecule has 0 atom stereocenters.